The van der Waals surface area contributed by atoms with Crippen LogP contribution in [0.5, 0.6) is 0 Å². The van der Waals surface area contributed by atoms with Crippen LogP contribution in [-0.2, 0) is 0 Å². The molecular formula is C21H18ClN5O2. The number of aromatic nitrogens is 4. The Morgan fingerprint density at radius 3 is 3.00 bits per heavy atom. The molecule has 29 heavy (non-hydrogen) atoms. The second kappa shape index (κ2) is 7.33. The fourth-order valence-electron chi connectivity index (χ4n) is 3.85. The summed E-state index contributed by atoms with van der Waals surface area (Å²) in [5, 5.41) is 0.641. The van der Waals surface area contributed by atoms with Gasteiger partial charge in [-0.3, -0.25) is 14.2 Å². The second-order valence-corrected chi connectivity index (χ2v) is 7.56. The Labute approximate surface area is 172 Å². The van der Waals surface area contributed by atoms with Crippen LogP contribution in [0.1, 0.15) is 35.0 Å². The van der Waals surface area contributed by atoms with Crippen molar-refractivity contribution in [2.75, 3.05) is 13.1 Å². The van der Waals surface area contributed by atoms with Crippen LogP contribution in [0.4, 0.5) is 0 Å². The molecule has 1 fully saturated rings. The molecule has 8 heteroatoms. The average Bonchev–Trinajstić information content (AvgIpc) is 3.43. The van der Waals surface area contributed by atoms with Crippen molar-refractivity contribution in [3.05, 3.63) is 71.8 Å². The third-order valence-electron chi connectivity index (χ3n) is 5.27. The van der Waals surface area contributed by atoms with Gasteiger partial charge in [-0.2, -0.15) is 0 Å². The van der Waals surface area contributed by atoms with E-state index in [0.29, 0.717) is 18.1 Å². The lowest BCUT2D eigenvalue weighted by molar-refractivity contribution is 0.0673. The van der Waals surface area contributed by atoms with Crippen LogP contribution in [0.3, 0.4) is 0 Å². The van der Waals surface area contributed by atoms with Gasteiger partial charge in [0.2, 0.25) is 5.76 Å². The number of carbonyl (C=O) groups is 1. The van der Waals surface area contributed by atoms with Crippen LogP contribution in [0.15, 0.2) is 59.7 Å². The largest absolute Gasteiger partial charge is 0.438 e. The number of amides is 1. The number of fused-ring (bicyclic) bond motifs is 1. The van der Waals surface area contributed by atoms with E-state index in [1.165, 1.54) is 12.6 Å². The maximum Gasteiger partial charge on any atom is 0.291 e. The van der Waals surface area contributed by atoms with E-state index < -0.39 is 0 Å². The quantitative estimate of drug-likeness (QED) is 0.512. The van der Waals surface area contributed by atoms with Crippen LogP contribution in [0, 0.1) is 0 Å². The monoisotopic (exact) mass is 407 g/mol. The molecule has 0 unspecified atom stereocenters. The number of hydrogen-bond acceptors (Lipinski definition) is 5. The van der Waals surface area contributed by atoms with Crippen LogP contribution >= 0.6 is 11.6 Å². The SMILES string of the molecule is O=C(c1cnco1)N1CCC[C@@H](c2cccc(-c3cnc4ccc(Cl)cn34)n2)C1. The molecule has 0 bridgehead atoms. The van der Waals surface area contributed by atoms with Crippen molar-refractivity contribution in [3.63, 3.8) is 0 Å². The normalized spacial score (nSPS) is 17.0. The number of rotatable bonds is 3. The fraction of sp³-hybridized carbons (Fsp3) is 0.238. The first kappa shape index (κ1) is 17.9. The molecule has 5 rings (SSSR count). The molecule has 1 atom stereocenters. The summed E-state index contributed by atoms with van der Waals surface area (Å²) in [5.41, 5.74) is 3.50. The number of imidazole rings is 1. The molecule has 5 heterocycles. The third-order valence-corrected chi connectivity index (χ3v) is 5.50. The lowest BCUT2D eigenvalue weighted by Crippen LogP contribution is -2.39. The molecule has 1 amide bonds. The van der Waals surface area contributed by atoms with Crippen molar-refractivity contribution in [3.8, 4) is 11.4 Å². The van der Waals surface area contributed by atoms with Gasteiger partial charge >= 0.3 is 0 Å². The molecule has 0 spiro atoms. The smallest absolute Gasteiger partial charge is 0.291 e. The molecule has 146 valence electrons. The summed E-state index contributed by atoms with van der Waals surface area (Å²) >= 11 is 6.16. The highest BCUT2D eigenvalue weighted by Crippen LogP contribution is 2.29. The standard InChI is InChI=1S/C21H18ClN5O2/c22-15-6-7-20-24-9-18(27(20)12-15)17-5-1-4-16(25-17)14-3-2-8-26(11-14)21(28)19-10-23-13-29-19/h1,4-7,9-10,12-14H,2-3,8,11H2/t14-/m1/s1. The van der Waals surface area contributed by atoms with Crippen molar-refractivity contribution in [2.24, 2.45) is 0 Å². The van der Waals surface area contributed by atoms with E-state index in [1.54, 1.807) is 6.20 Å². The van der Waals surface area contributed by atoms with Gasteiger partial charge in [0.05, 0.1) is 28.8 Å². The van der Waals surface area contributed by atoms with E-state index >= 15 is 0 Å². The summed E-state index contributed by atoms with van der Waals surface area (Å²) in [7, 11) is 0. The van der Waals surface area contributed by atoms with Gasteiger partial charge in [-0.15, -0.1) is 0 Å². The van der Waals surface area contributed by atoms with Crippen molar-refractivity contribution in [2.45, 2.75) is 18.8 Å². The van der Waals surface area contributed by atoms with Gasteiger partial charge in [-0.25, -0.2) is 9.97 Å². The molecule has 1 aliphatic heterocycles. The minimum absolute atomic E-state index is 0.125. The maximum atomic E-state index is 12.6. The molecule has 1 saturated heterocycles. The number of piperidine rings is 1. The average molecular weight is 408 g/mol. The second-order valence-electron chi connectivity index (χ2n) is 7.12. The van der Waals surface area contributed by atoms with E-state index in [1.807, 2.05) is 45.8 Å². The Hall–Kier alpha value is -3.19. The van der Waals surface area contributed by atoms with Gasteiger partial charge in [0.1, 0.15) is 5.65 Å². The van der Waals surface area contributed by atoms with Crippen molar-refractivity contribution >= 4 is 23.2 Å². The first-order valence-electron chi connectivity index (χ1n) is 9.47. The van der Waals surface area contributed by atoms with Crippen molar-refractivity contribution in [1.29, 1.82) is 0 Å². The summed E-state index contributed by atoms with van der Waals surface area (Å²) in [4.78, 5) is 27.6. The lowest BCUT2D eigenvalue weighted by Gasteiger charge is -2.32. The highest BCUT2D eigenvalue weighted by Gasteiger charge is 2.28. The fourth-order valence-corrected chi connectivity index (χ4v) is 4.01. The first-order chi connectivity index (χ1) is 14.2. The zero-order chi connectivity index (χ0) is 19.8. The Morgan fingerprint density at radius 2 is 2.14 bits per heavy atom. The number of oxazole rings is 1. The van der Waals surface area contributed by atoms with Crippen LogP contribution < -0.4 is 0 Å². The number of likely N-dealkylation sites (tertiary alicyclic amines) is 1. The van der Waals surface area contributed by atoms with E-state index in [-0.39, 0.29) is 17.6 Å². The summed E-state index contributed by atoms with van der Waals surface area (Å²) in [6.07, 6.45) is 8.28. The third kappa shape index (κ3) is 3.38. The van der Waals surface area contributed by atoms with Crippen LogP contribution in [0.25, 0.3) is 17.0 Å². The van der Waals surface area contributed by atoms with Gasteiger partial charge in [-0.05, 0) is 37.1 Å². The molecule has 0 radical (unpaired) electrons. The minimum atomic E-state index is -0.125. The minimum Gasteiger partial charge on any atom is -0.438 e. The van der Waals surface area contributed by atoms with Gasteiger partial charge < -0.3 is 9.32 Å². The molecule has 1 aliphatic rings. The molecule has 7 nitrogen and oxygen atoms in total. The Kier molecular flexibility index (Phi) is 4.52. The highest BCUT2D eigenvalue weighted by molar-refractivity contribution is 6.30. The van der Waals surface area contributed by atoms with Crippen molar-refractivity contribution in [1.82, 2.24) is 24.3 Å². The zero-order valence-electron chi connectivity index (χ0n) is 15.5. The highest BCUT2D eigenvalue weighted by atomic mass is 35.5. The van der Waals surface area contributed by atoms with Crippen LogP contribution in [0.2, 0.25) is 5.02 Å². The number of nitrogens with zero attached hydrogens (tertiary/aromatic N) is 5. The van der Waals surface area contributed by atoms with Gasteiger partial charge in [-0.1, -0.05) is 17.7 Å². The molecule has 0 N–H and O–H groups in total. The summed E-state index contributed by atoms with van der Waals surface area (Å²) < 4.78 is 7.11. The molecule has 0 saturated carbocycles. The molecule has 0 aliphatic carbocycles. The van der Waals surface area contributed by atoms with Gasteiger partial charge in [0.25, 0.3) is 5.91 Å². The van der Waals surface area contributed by atoms with Crippen molar-refractivity contribution < 1.29 is 9.21 Å². The molecular weight excluding hydrogens is 390 g/mol. The Balaban J connectivity index is 1.43. The Morgan fingerprint density at radius 1 is 1.21 bits per heavy atom. The summed E-state index contributed by atoms with van der Waals surface area (Å²) in [6.45, 7) is 1.32. The van der Waals surface area contributed by atoms with Gasteiger partial charge in [0.15, 0.2) is 6.39 Å². The topological polar surface area (TPSA) is 76.5 Å². The van der Waals surface area contributed by atoms with E-state index in [2.05, 4.69) is 9.97 Å². The van der Waals surface area contributed by atoms with E-state index in [9.17, 15) is 4.79 Å². The summed E-state index contributed by atoms with van der Waals surface area (Å²) in [6, 6.07) is 9.68. The van der Waals surface area contributed by atoms with Crippen LogP contribution in [-0.4, -0.2) is 43.2 Å². The number of pyridine rings is 2. The Bertz CT molecular complexity index is 1170. The maximum absolute atomic E-state index is 12.6. The van der Waals surface area contributed by atoms with E-state index in [4.69, 9.17) is 21.0 Å². The predicted molar refractivity (Wildman–Crippen MR) is 108 cm³/mol. The van der Waals surface area contributed by atoms with Gasteiger partial charge in [0, 0.05) is 30.9 Å². The number of hydrogen-bond donors (Lipinski definition) is 0. The molecule has 0 aromatic carbocycles. The predicted octanol–water partition coefficient (Wildman–Crippen LogP) is 4.06. The zero-order valence-corrected chi connectivity index (χ0v) is 16.3. The molecule has 4 aromatic heterocycles. The van der Waals surface area contributed by atoms with E-state index in [0.717, 1.165) is 35.6 Å². The number of halogens is 1. The molecule has 4 aromatic rings. The lowest BCUT2D eigenvalue weighted by atomic mass is 9.94. The summed E-state index contributed by atoms with van der Waals surface area (Å²) in [5.74, 6) is 0.313. The first-order valence-corrected chi connectivity index (χ1v) is 9.84. The number of carbonyl (C=O) groups excluding carboxylic acids is 1.